The van der Waals surface area contributed by atoms with Crippen LogP contribution in [0.5, 0.6) is 0 Å². The molecule has 1 aliphatic carbocycles. The molecule has 0 saturated heterocycles. The maximum atomic E-state index is 14.1. The summed E-state index contributed by atoms with van der Waals surface area (Å²) >= 11 is 6.02. The van der Waals surface area contributed by atoms with E-state index in [-0.39, 0.29) is 21.8 Å². The molecular weight excluding hydrogens is 535 g/mol. The van der Waals surface area contributed by atoms with Crippen molar-refractivity contribution in [2.45, 2.75) is 43.3 Å². The van der Waals surface area contributed by atoms with Crippen LogP contribution >= 0.6 is 11.6 Å². The van der Waals surface area contributed by atoms with Gasteiger partial charge in [-0.05, 0) is 18.9 Å². The van der Waals surface area contributed by atoms with Crippen LogP contribution in [0.25, 0.3) is 16.9 Å². The topological polar surface area (TPSA) is 101 Å². The first-order chi connectivity index (χ1) is 17.2. The minimum absolute atomic E-state index is 0.0838. The van der Waals surface area contributed by atoms with E-state index in [1.165, 1.54) is 12.3 Å². The van der Waals surface area contributed by atoms with Crippen LogP contribution in [0.4, 0.5) is 30.7 Å². The number of amides is 1. The third-order valence-corrected chi connectivity index (χ3v) is 5.96. The van der Waals surface area contributed by atoms with Crippen LogP contribution in [0, 0.1) is 11.3 Å². The summed E-state index contributed by atoms with van der Waals surface area (Å²) in [4.78, 5) is 16.5. The molecule has 1 N–H and O–H groups in total. The normalized spacial score (nSPS) is 15.1. The van der Waals surface area contributed by atoms with Crippen molar-refractivity contribution < 1.29 is 35.5 Å². The average molecular weight is 550 g/mol. The van der Waals surface area contributed by atoms with Crippen LogP contribution in [0.1, 0.15) is 34.5 Å². The predicted molar refractivity (Wildman–Crippen MR) is 113 cm³/mol. The van der Waals surface area contributed by atoms with Crippen LogP contribution < -0.4 is 5.32 Å². The monoisotopic (exact) mass is 549 g/mol. The molecule has 0 radical (unpaired) electrons. The lowest BCUT2D eigenvalue weighted by molar-refractivity contribution is -0.291. The van der Waals surface area contributed by atoms with Crippen LogP contribution in [0.2, 0.25) is 5.15 Å². The third kappa shape index (κ3) is 4.85. The summed E-state index contributed by atoms with van der Waals surface area (Å²) in [6.07, 6.45) is -6.28. The zero-order valence-electron chi connectivity index (χ0n) is 18.6. The van der Waals surface area contributed by atoms with E-state index >= 15 is 0 Å². The number of carbonyl (C=O) groups is 1. The maximum absolute atomic E-state index is 14.1. The van der Waals surface area contributed by atoms with Gasteiger partial charge in [-0.1, -0.05) is 11.6 Å². The molecule has 1 fully saturated rings. The first kappa shape index (κ1) is 26.4. The van der Waals surface area contributed by atoms with Crippen molar-refractivity contribution in [3.05, 3.63) is 46.6 Å². The Labute approximate surface area is 208 Å². The Hall–Kier alpha value is -3.67. The minimum atomic E-state index is -6.07. The minimum Gasteiger partial charge on any atom is -0.334 e. The Bertz CT molecular complexity index is 1400. The second-order valence-corrected chi connectivity index (χ2v) is 8.68. The summed E-state index contributed by atoms with van der Waals surface area (Å²) < 4.78 is 95.0. The highest BCUT2D eigenvalue weighted by molar-refractivity contribution is 6.32. The molecule has 0 spiro atoms. The summed E-state index contributed by atoms with van der Waals surface area (Å²) in [6, 6.07) is 3.30. The molecule has 16 heteroatoms. The Morgan fingerprint density at radius 3 is 2.49 bits per heavy atom. The largest absolute Gasteiger partial charge is 0.459 e. The van der Waals surface area contributed by atoms with E-state index in [0.717, 1.165) is 24.1 Å². The second kappa shape index (κ2) is 9.02. The van der Waals surface area contributed by atoms with Crippen molar-refractivity contribution in [2.24, 2.45) is 7.05 Å². The maximum Gasteiger partial charge on any atom is 0.459 e. The van der Waals surface area contributed by atoms with Crippen LogP contribution in [0.3, 0.4) is 0 Å². The molecule has 8 nitrogen and oxygen atoms in total. The van der Waals surface area contributed by atoms with Gasteiger partial charge in [-0.2, -0.15) is 37.4 Å². The molecule has 3 heterocycles. The van der Waals surface area contributed by atoms with Gasteiger partial charge in [0.1, 0.15) is 16.4 Å². The summed E-state index contributed by atoms with van der Waals surface area (Å²) in [7, 11) is 1.01. The number of halogens is 8. The van der Waals surface area contributed by atoms with Crippen molar-refractivity contribution in [3.63, 3.8) is 0 Å². The molecule has 0 unspecified atom stereocenters. The van der Waals surface area contributed by atoms with Crippen LogP contribution in [-0.2, 0) is 19.4 Å². The van der Waals surface area contributed by atoms with E-state index in [2.05, 4.69) is 20.5 Å². The number of pyridine rings is 1. The molecule has 0 atom stereocenters. The molecule has 0 aromatic carbocycles. The Balaban J connectivity index is 1.74. The van der Waals surface area contributed by atoms with Gasteiger partial charge >= 0.3 is 12.1 Å². The lowest BCUT2D eigenvalue weighted by Crippen LogP contribution is -2.35. The van der Waals surface area contributed by atoms with Gasteiger partial charge in [-0.25, -0.2) is 18.4 Å². The van der Waals surface area contributed by atoms with E-state index in [9.17, 15) is 40.8 Å². The van der Waals surface area contributed by atoms with Crippen LogP contribution in [-0.4, -0.2) is 48.6 Å². The summed E-state index contributed by atoms with van der Waals surface area (Å²) in [6.45, 7) is 0. The summed E-state index contributed by atoms with van der Waals surface area (Å²) in [5.74, 6) is -6.70. The Morgan fingerprint density at radius 2 is 1.92 bits per heavy atom. The SMILES string of the molecule is Cn1nc(C(F)(F)C(F)(F)F)c(CC(F)F)c1-n1cc(-c2cnc(Cl)c(C(=O)NC3(C#N)CC3)c2)cn1. The Kier molecular flexibility index (Phi) is 6.43. The highest BCUT2D eigenvalue weighted by Crippen LogP contribution is 2.46. The van der Waals surface area contributed by atoms with Gasteiger partial charge < -0.3 is 5.32 Å². The number of alkyl halides is 7. The smallest absolute Gasteiger partial charge is 0.334 e. The van der Waals surface area contributed by atoms with Crippen molar-refractivity contribution >= 4 is 17.5 Å². The van der Waals surface area contributed by atoms with E-state index in [4.69, 9.17) is 11.6 Å². The molecule has 4 rings (SSSR count). The summed E-state index contributed by atoms with van der Waals surface area (Å²) in [5, 5.41) is 18.7. The van der Waals surface area contributed by atoms with Gasteiger partial charge in [-0.3, -0.25) is 9.48 Å². The van der Waals surface area contributed by atoms with Gasteiger partial charge in [-0.15, -0.1) is 0 Å². The summed E-state index contributed by atoms with van der Waals surface area (Å²) in [5.41, 5.74) is -3.52. The van der Waals surface area contributed by atoms with Gasteiger partial charge in [0, 0.05) is 42.6 Å². The standard InChI is InChI=1S/C21H15ClF7N7O/c1-35-18(12(5-14(23)24)15(34-35)20(25,26)21(27,28)29)36-8-11(7-32-36)10-4-13(16(22)31-6-10)17(37)33-19(9-30)2-3-19/h4,6-8,14H,2-3,5H2,1H3,(H,33,37). The first-order valence-corrected chi connectivity index (χ1v) is 10.8. The third-order valence-electron chi connectivity index (χ3n) is 5.66. The lowest BCUT2D eigenvalue weighted by atomic mass is 10.1. The first-order valence-electron chi connectivity index (χ1n) is 10.4. The fourth-order valence-corrected chi connectivity index (χ4v) is 3.79. The fourth-order valence-electron chi connectivity index (χ4n) is 3.60. The molecule has 1 saturated carbocycles. The van der Waals surface area contributed by atoms with Gasteiger partial charge in [0.25, 0.3) is 5.91 Å². The van der Waals surface area contributed by atoms with E-state index in [1.807, 2.05) is 6.07 Å². The van der Waals surface area contributed by atoms with Crippen molar-refractivity contribution in [1.29, 1.82) is 5.26 Å². The number of hydrogen-bond acceptors (Lipinski definition) is 5. The molecule has 196 valence electrons. The molecule has 37 heavy (non-hydrogen) atoms. The number of nitriles is 1. The molecule has 0 bridgehead atoms. The zero-order chi connectivity index (χ0) is 27.3. The number of carbonyl (C=O) groups excluding carboxylic acids is 1. The molecule has 1 amide bonds. The highest BCUT2D eigenvalue weighted by atomic mass is 35.5. The zero-order valence-corrected chi connectivity index (χ0v) is 19.4. The molecule has 3 aromatic heterocycles. The van der Waals surface area contributed by atoms with Crippen molar-refractivity contribution in [3.8, 4) is 23.0 Å². The number of hydrogen-bond donors (Lipinski definition) is 1. The van der Waals surface area contributed by atoms with E-state index in [0.29, 0.717) is 17.5 Å². The fraction of sp³-hybridized carbons (Fsp3) is 0.381. The highest BCUT2D eigenvalue weighted by Gasteiger charge is 2.62. The molecule has 0 aliphatic heterocycles. The van der Waals surface area contributed by atoms with Crippen molar-refractivity contribution in [1.82, 2.24) is 29.9 Å². The van der Waals surface area contributed by atoms with E-state index in [1.54, 1.807) is 0 Å². The predicted octanol–water partition coefficient (Wildman–Crippen LogP) is 4.57. The second-order valence-electron chi connectivity index (χ2n) is 8.33. The number of aromatic nitrogens is 5. The number of nitrogens with zero attached hydrogens (tertiary/aromatic N) is 6. The Morgan fingerprint density at radius 1 is 1.24 bits per heavy atom. The number of nitrogens with one attached hydrogen (secondary N) is 1. The van der Waals surface area contributed by atoms with Crippen molar-refractivity contribution in [2.75, 3.05) is 0 Å². The molecular formula is C21H15ClF7N7O. The van der Waals surface area contributed by atoms with Gasteiger partial charge in [0.15, 0.2) is 5.82 Å². The number of rotatable bonds is 7. The van der Waals surface area contributed by atoms with Gasteiger partial charge in [0.2, 0.25) is 6.43 Å². The van der Waals surface area contributed by atoms with Gasteiger partial charge in [0.05, 0.1) is 17.8 Å². The molecule has 1 aliphatic rings. The quantitative estimate of drug-likeness (QED) is 0.344. The van der Waals surface area contributed by atoms with E-state index < -0.39 is 53.5 Å². The molecule has 3 aromatic rings. The van der Waals surface area contributed by atoms with Crippen LogP contribution in [0.15, 0.2) is 24.7 Å². The lowest BCUT2D eigenvalue weighted by Gasteiger charge is -2.18. The number of aryl methyl sites for hydroxylation is 1. The average Bonchev–Trinajstić information content (AvgIpc) is 3.26.